The summed E-state index contributed by atoms with van der Waals surface area (Å²) in [5, 5.41) is 0. The van der Waals surface area contributed by atoms with Crippen LogP contribution in [0.2, 0.25) is 0 Å². The number of halogens is 8. The van der Waals surface area contributed by atoms with Gasteiger partial charge in [-0.2, -0.15) is 30.7 Å². The third-order valence-corrected chi connectivity index (χ3v) is 2.13. The van der Waals surface area contributed by atoms with Crippen molar-refractivity contribution >= 4 is 11.9 Å². The molecule has 0 heterocycles. The first-order chi connectivity index (χ1) is 10.6. The molecule has 0 aromatic carbocycles. The Morgan fingerprint density at radius 3 is 1.83 bits per heavy atom. The van der Waals surface area contributed by atoms with Gasteiger partial charge in [-0.1, -0.05) is 0 Å². The molecule has 0 aliphatic carbocycles. The van der Waals surface area contributed by atoms with E-state index in [4.69, 9.17) is 0 Å². The van der Waals surface area contributed by atoms with E-state index in [0.29, 0.717) is 0 Å². The Bertz CT molecular complexity index is 484. The topological polar surface area (TPSA) is 52.6 Å². The number of ether oxygens (including phenoxy) is 2. The minimum atomic E-state index is -5.94. The fraction of sp³-hybridized carbons (Fsp3) is 0.667. The zero-order valence-electron chi connectivity index (χ0n) is 12.2. The lowest BCUT2D eigenvalue weighted by Gasteiger charge is -2.28. The van der Waals surface area contributed by atoms with Gasteiger partial charge < -0.3 is 9.47 Å². The molecule has 12 heteroatoms. The number of hydrogen-bond acceptors (Lipinski definition) is 4. The molecule has 1 unspecified atom stereocenters. The van der Waals surface area contributed by atoms with Crippen LogP contribution in [0.5, 0.6) is 0 Å². The van der Waals surface area contributed by atoms with Crippen LogP contribution in [0.15, 0.2) is 12.2 Å². The lowest BCUT2D eigenvalue weighted by atomic mass is 10.1. The molecule has 0 aromatic rings. The molecule has 4 nitrogen and oxygen atoms in total. The van der Waals surface area contributed by atoms with Gasteiger partial charge in [0, 0.05) is 12.2 Å². The Balaban J connectivity index is 4.95. The number of esters is 2. The lowest BCUT2D eigenvalue weighted by Crippen LogP contribution is -2.51. The van der Waals surface area contributed by atoms with Crippen LogP contribution in [0, 0.1) is 0 Å². The van der Waals surface area contributed by atoms with Crippen LogP contribution >= 0.6 is 0 Å². The Hall–Kier alpha value is -1.88. The molecule has 0 N–H and O–H groups in total. The van der Waals surface area contributed by atoms with Gasteiger partial charge in [-0.15, -0.1) is 0 Å². The summed E-state index contributed by atoms with van der Waals surface area (Å²) < 4.78 is 108. The summed E-state index contributed by atoms with van der Waals surface area (Å²) in [5.41, 5.74) is 0. The number of hydrogen-bond donors (Lipinski definition) is 0. The molecule has 0 amide bonds. The first-order valence-corrected chi connectivity index (χ1v) is 6.16. The first kappa shape index (κ1) is 22.1. The summed E-state index contributed by atoms with van der Waals surface area (Å²) in [6.07, 6.45) is -19.0. The van der Waals surface area contributed by atoms with Crippen molar-refractivity contribution < 1.29 is 54.2 Å². The van der Waals surface area contributed by atoms with Gasteiger partial charge in [-0.25, -0.2) is 14.0 Å². The van der Waals surface area contributed by atoms with Gasteiger partial charge in [-0.3, -0.25) is 0 Å². The summed E-state index contributed by atoms with van der Waals surface area (Å²) in [6, 6.07) is 0. The summed E-state index contributed by atoms with van der Waals surface area (Å²) >= 11 is 0. The molecule has 0 spiro atoms. The maximum Gasteiger partial charge on any atom is 0.469 e. The van der Waals surface area contributed by atoms with E-state index < -0.39 is 48.8 Å². The summed E-state index contributed by atoms with van der Waals surface area (Å²) in [6.45, 7) is 2.81. The predicted octanol–water partition coefficient (Wildman–Crippen LogP) is 3.56. The van der Waals surface area contributed by atoms with Crippen molar-refractivity contribution in [2.75, 3.05) is 0 Å². The van der Waals surface area contributed by atoms with Gasteiger partial charge in [0.15, 0.2) is 6.17 Å². The van der Waals surface area contributed by atoms with E-state index in [2.05, 4.69) is 9.47 Å². The minimum Gasteiger partial charge on any atom is -0.460 e. The molecule has 0 saturated carbocycles. The van der Waals surface area contributed by atoms with Crippen molar-refractivity contribution in [2.45, 2.75) is 50.8 Å². The number of alkyl halides is 8. The van der Waals surface area contributed by atoms with Crippen LogP contribution in [-0.2, 0) is 19.1 Å². The Kier molecular flexibility index (Phi) is 7.18. The molecule has 0 fully saturated rings. The number of carbonyl (C=O) groups excluding carboxylic acids is 2. The molecule has 0 bridgehead atoms. The molecular formula is C12H12F8O4. The third kappa shape index (κ3) is 7.13. The molecule has 0 saturated heterocycles. The predicted molar refractivity (Wildman–Crippen MR) is 61.9 cm³/mol. The molecule has 24 heavy (non-hydrogen) atoms. The summed E-state index contributed by atoms with van der Waals surface area (Å²) in [4.78, 5) is 21.9. The molecule has 0 aliphatic heterocycles. The standard InChI is InChI=1S/C12H12F8O4/c1-6(2)23-8(21)3-4-9(22)24-12(19,20)11(17,18)7(13)5-10(14,15)16/h3-4,6-7H,5H2,1-2H3/b4-3+. The zero-order chi connectivity index (χ0) is 19.3. The van der Waals surface area contributed by atoms with Gasteiger partial charge in [-0.05, 0) is 13.8 Å². The van der Waals surface area contributed by atoms with E-state index in [1.54, 1.807) is 0 Å². The monoisotopic (exact) mass is 372 g/mol. The van der Waals surface area contributed by atoms with Crippen molar-refractivity contribution in [3.05, 3.63) is 12.2 Å². The normalized spacial score (nSPS) is 14.8. The molecule has 0 radical (unpaired) electrons. The average Bonchev–Trinajstić information content (AvgIpc) is 2.32. The van der Waals surface area contributed by atoms with Crippen LogP contribution in [0.1, 0.15) is 20.3 Å². The van der Waals surface area contributed by atoms with Crippen LogP contribution < -0.4 is 0 Å². The Labute approximate surface area is 130 Å². The van der Waals surface area contributed by atoms with Crippen molar-refractivity contribution in [2.24, 2.45) is 0 Å². The highest BCUT2D eigenvalue weighted by Gasteiger charge is 2.66. The summed E-state index contributed by atoms with van der Waals surface area (Å²) in [5.74, 6) is -9.35. The second-order valence-electron chi connectivity index (χ2n) is 4.67. The summed E-state index contributed by atoms with van der Waals surface area (Å²) in [7, 11) is 0. The van der Waals surface area contributed by atoms with Gasteiger partial charge in [0.2, 0.25) is 0 Å². The molecule has 0 rings (SSSR count). The SMILES string of the molecule is CC(C)OC(=O)/C=C/C(=O)OC(F)(F)C(F)(F)C(F)CC(F)(F)F. The van der Waals surface area contributed by atoms with E-state index in [-0.39, 0.29) is 12.2 Å². The van der Waals surface area contributed by atoms with Gasteiger partial charge in [0.25, 0.3) is 0 Å². The molecule has 0 aliphatic rings. The highest BCUT2D eigenvalue weighted by molar-refractivity contribution is 5.91. The maximum absolute atomic E-state index is 13.1. The van der Waals surface area contributed by atoms with Crippen LogP contribution in [0.25, 0.3) is 0 Å². The van der Waals surface area contributed by atoms with E-state index in [1.807, 2.05) is 0 Å². The first-order valence-electron chi connectivity index (χ1n) is 6.16. The highest BCUT2D eigenvalue weighted by Crippen LogP contribution is 2.42. The van der Waals surface area contributed by atoms with Gasteiger partial charge in [0.05, 0.1) is 12.5 Å². The second-order valence-corrected chi connectivity index (χ2v) is 4.67. The maximum atomic E-state index is 13.1. The van der Waals surface area contributed by atoms with E-state index in [9.17, 15) is 44.7 Å². The van der Waals surface area contributed by atoms with Crippen LogP contribution in [-0.4, -0.2) is 42.4 Å². The molecule has 0 aromatic heterocycles. The van der Waals surface area contributed by atoms with Crippen molar-refractivity contribution in [3.8, 4) is 0 Å². The smallest absolute Gasteiger partial charge is 0.460 e. The Morgan fingerprint density at radius 1 is 0.958 bits per heavy atom. The fourth-order valence-electron chi connectivity index (χ4n) is 1.15. The Morgan fingerprint density at radius 2 is 1.42 bits per heavy atom. The van der Waals surface area contributed by atoms with Gasteiger partial charge >= 0.3 is 30.1 Å². The molecular weight excluding hydrogens is 360 g/mol. The zero-order valence-corrected chi connectivity index (χ0v) is 12.2. The van der Waals surface area contributed by atoms with Gasteiger partial charge in [0.1, 0.15) is 0 Å². The minimum absolute atomic E-state index is 0.0221. The van der Waals surface area contributed by atoms with Crippen LogP contribution in [0.3, 0.4) is 0 Å². The van der Waals surface area contributed by atoms with E-state index in [1.165, 1.54) is 13.8 Å². The lowest BCUT2D eigenvalue weighted by molar-refractivity contribution is -0.349. The van der Waals surface area contributed by atoms with Crippen molar-refractivity contribution in [1.29, 1.82) is 0 Å². The van der Waals surface area contributed by atoms with Crippen LogP contribution in [0.4, 0.5) is 35.1 Å². The van der Waals surface area contributed by atoms with E-state index >= 15 is 0 Å². The fourth-order valence-corrected chi connectivity index (χ4v) is 1.15. The molecule has 140 valence electrons. The van der Waals surface area contributed by atoms with E-state index in [0.717, 1.165) is 0 Å². The number of rotatable bonds is 7. The highest BCUT2D eigenvalue weighted by atomic mass is 19.4. The third-order valence-electron chi connectivity index (χ3n) is 2.13. The van der Waals surface area contributed by atoms with Crippen molar-refractivity contribution in [3.63, 3.8) is 0 Å². The second kappa shape index (κ2) is 7.79. The number of carbonyl (C=O) groups is 2. The van der Waals surface area contributed by atoms with Crippen molar-refractivity contribution in [1.82, 2.24) is 0 Å². The largest absolute Gasteiger partial charge is 0.469 e. The quantitative estimate of drug-likeness (QED) is 0.390. The average molecular weight is 372 g/mol. The molecule has 1 atom stereocenters.